The lowest BCUT2D eigenvalue weighted by molar-refractivity contribution is -0.116. The van der Waals surface area contributed by atoms with Crippen LogP contribution in [0.15, 0.2) is 58.2 Å². The van der Waals surface area contributed by atoms with E-state index in [0.29, 0.717) is 18.5 Å². The first kappa shape index (κ1) is 17.4. The van der Waals surface area contributed by atoms with Crippen LogP contribution in [0.1, 0.15) is 11.1 Å². The third-order valence-electron chi connectivity index (χ3n) is 4.55. The molecule has 2 heterocycles. The number of anilines is 1. The molecular formula is C19H17N3O4S. The zero-order valence-electron chi connectivity index (χ0n) is 14.6. The van der Waals surface area contributed by atoms with Crippen molar-refractivity contribution in [3.8, 4) is 11.5 Å². The molecule has 2 aromatic carbocycles. The number of amides is 1. The molecule has 1 aromatic heterocycles. The Hall–Kier alpha value is -3.00. The number of nitrogens with zero attached hydrogens (tertiary/aromatic N) is 3. The fraction of sp³-hybridized carbons (Fsp3) is 0.211. The average Bonchev–Trinajstić information content (AvgIpc) is 3.29. The SMILES string of the molecule is Cc1ccccc1-c1nnc(S(=O)(=O)CC(=O)N2CCc3ccccc32)o1. The van der Waals surface area contributed by atoms with Gasteiger partial charge in [-0.05, 0) is 36.6 Å². The van der Waals surface area contributed by atoms with Gasteiger partial charge in [0.25, 0.3) is 0 Å². The zero-order valence-corrected chi connectivity index (χ0v) is 15.4. The number of rotatable bonds is 4. The van der Waals surface area contributed by atoms with Gasteiger partial charge in [-0.1, -0.05) is 41.5 Å². The molecule has 1 amide bonds. The van der Waals surface area contributed by atoms with E-state index < -0.39 is 26.7 Å². The second-order valence-electron chi connectivity index (χ2n) is 6.37. The van der Waals surface area contributed by atoms with Gasteiger partial charge in [0.15, 0.2) is 0 Å². The second kappa shape index (κ2) is 6.62. The molecular weight excluding hydrogens is 366 g/mol. The van der Waals surface area contributed by atoms with Crippen LogP contribution in [0.2, 0.25) is 0 Å². The van der Waals surface area contributed by atoms with Gasteiger partial charge in [-0.3, -0.25) is 4.79 Å². The van der Waals surface area contributed by atoms with Crippen LogP contribution >= 0.6 is 0 Å². The molecule has 27 heavy (non-hydrogen) atoms. The molecule has 0 N–H and O–H groups in total. The van der Waals surface area contributed by atoms with Crippen LogP contribution in [0.5, 0.6) is 0 Å². The third kappa shape index (κ3) is 3.23. The summed E-state index contributed by atoms with van der Waals surface area (Å²) in [5, 5.41) is 6.95. The number of carbonyl (C=O) groups is 1. The highest BCUT2D eigenvalue weighted by Crippen LogP contribution is 2.28. The highest BCUT2D eigenvalue weighted by molar-refractivity contribution is 7.91. The van der Waals surface area contributed by atoms with Crippen LogP contribution in [0.4, 0.5) is 5.69 Å². The van der Waals surface area contributed by atoms with Crippen molar-refractivity contribution >= 4 is 21.4 Å². The lowest BCUT2D eigenvalue weighted by atomic mass is 10.1. The second-order valence-corrected chi connectivity index (χ2v) is 8.24. The van der Waals surface area contributed by atoms with E-state index >= 15 is 0 Å². The molecule has 0 bridgehead atoms. The van der Waals surface area contributed by atoms with Gasteiger partial charge in [0, 0.05) is 17.8 Å². The zero-order chi connectivity index (χ0) is 19.0. The number of sulfone groups is 1. The Labute approximate surface area is 156 Å². The Kier molecular flexibility index (Phi) is 4.27. The van der Waals surface area contributed by atoms with Crippen molar-refractivity contribution in [2.24, 2.45) is 0 Å². The van der Waals surface area contributed by atoms with E-state index in [2.05, 4.69) is 10.2 Å². The molecule has 3 aromatic rings. The Balaban J connectivity index is 1.56. The van der Waals surface area contributed by atoms with Crippen LogP contribution in [0, 0.1) is 6.92 Å². The summed E-state index contributed by atoms with van der Waals surface area (Å²) in [5.74, 6) is -1.10. The highest BCUT2D eigenvalue weighted by Gasteiger charge is 2.32. The standard InChI is InChI=1S/C19H17N3O4S/c1-13-6-2-4-8-15(13)18-20-21-19(26-18)27(24,25)12-17(23)22-11-10-14-7-3-5-9-16(14)22/h2-9H,10-12H2,1H3. The summed E-state index contributed by atoms with van der Waals surface area (Å²) in [4.78, 5) is 14.1. The molecule has 0 spiro atoms. The molecule has 0 fully saturated rings. The van der Waals surface area contributed by atoms with Crippen molar-refractivity contribution < 1.29 is 17.6 Å². The number of aryl methyl sites for hydroxylation is 1. The number of carbonyl (C=O) groups excluding carboxylic acids is 1. The molecule has 0 saturated heterocycles. The van der Waals surface area contributed by atoms with Crippen LogP contribution in [0.25, 0.3) is 11.5 Å². The molecule has 1 aliphatic heterocycles. The van der Waals surface area contributed by atoms with Gasteiger partial charge in [-0.2, -0.15) is 0 Å². The molecule has 0 radical (unpaired) electrons. The molecule has 0 unspecified atom stereocenters. The number of hydrogen-bond donors (Lipinski definition) is 0. The van der Waals surface area contributed by atoms with E-state index in [1.165, 1.54) is 4.90 Å². The largest absolute Gasteiger partial charge is 0.408 e. The minimum Gasteiger partial charge on any atom is -0.408 e. The first-order chi connectivity index (χ1) is 13.0. The Bertz CT molecular complexity index is 1120. The van der Waals surface area contributed by atoms with Crippen molar-refractivity contribution in [3.63, 3.8) is 0 Å². The topological polar surface area (TPSA) is 93.4 Å². The lowest BCUT2D eigenvalue weighted by Gasteiger charge is -2.16. The first-order valence-corrected chi connectivity index (χ1v) is 10.1. The van der Waals surface area contributed by atoms with Crippen molar-refractivity contribution in [2.75, 3.05) is 17.2 Å². The predicted octanol–water partition coefficient (Wildman–Crippen LogP) is 2.41. The summed E-state index contributed by atoms with van der Waals surface area (Å²) in [6.45, 7) is 2.33. The third-order valence-corrected chi connectivity index (χ3v) is 5.87. The van der Waals surface area contributed by atoms with E-state index in [1.807, 2.05) is 43.3 Å². The predicted molar refractivity (Wildman–Crippen MR) is 99.0 cm³/mol. The van der Waals surface area contributed by atoms with Gasteiger partial charge >= 0.3 is 5.22 Å². The average molecular weight is 383 g/mol. The summed E-state index contributed by atoms with van der Waals surface area (Å²) in [6, 6.07) is 14.8. The molecule has 0 aliphatic carbocycles. The van der Waals surface area contributed by atoms with E-state index in [1.54, 1.807) is 12.1 Å². The molecule has 7 nitrogen and oxygen atoms in total. The maximum atomic E-state index is 12.6. The maximum Gasteiger partial charge on any atom is 0.336 e. The van der Waals surface area contributed by atoms with Gasteiger partial charge in [-0.15, -0.1) is 5.10 Å². The van der Waals surface area contributed by atoms with Crippen LogP contribution in [-0.2, 0) is 21.1 Å². The van der Waals surface area contributed by atoms with E-state index in [4.69, 9.17) is 4.42 Å². The molecule has 138 valence electrons. The minimum absolute atomic E-state index is 0.116. The highest BCUT2D eigenvalue weighted by atomic mass is 32.2. The van der Waals surface area contributed by atoms with Crippen molar-refractivity contribution in [1.29, 1.82) is 0 Å². The minimum atomic E-state index is -4.03. The summed E-state index contributed by atoms with van der Waals surface area (Å²) >= 11 is 0. The van der Waals surface area contributed by atoms with Crippen molar-refractivity contribution in [3.05, 3.63) is 59.7 Å². The Morgan fingerprint density at radius 2 is 1.85 bits per heavy atom. The molecule has 0 saturated carbocycles. The normalized spacial score (nSPS) is 13.6. The lowest BCUT2D eigenvalue weighted by Crippen LogP contribution is -2.34. The molecule has 0 atom stereocenters. The number of aromatic nitrogens is 2. The fourth-order valence-corrected chi connectivity index (χ4v) is 4.13. The van der Waals surface area contributed by atoms with Crippen LogP contribution in [-0.4, -0.2) is 36.8 Å². The number of benzene rings is 2. The van der Waals surface area contributed by atoms with Gasteiger partial charge in [0.2, 0.25) is 21.6 Å². The molecule has 1 aliphatic rings. The van der Waals surface area contributed by atoms with Gasteiger partial charge in [0.05, 0.1) is 0 Å². The Morgan fingerprint density at radius 3 is 2.67 bits per heavy atom. The van der Waals surface area contributed by atoms with Crippen LogP contribution < -0.4 is 4.90 Å². The number of para-hydroxylation sites is 1. The fourth-order valence-electron chi connectivity index (χ4n) is 3.16. The van der Waals surface area contributed by atoms with Gasteiger partial charge < -0.3 is 9.32 Å². The van der Waals surface area contributed by atoms with E-state index in [0.717, 1.165) is 16.8 Å². The van der Waals surface area contributed by atoms with E-state index in [-0.39, 0.29) is 5.89 Å². The molecule has 4 rings (SSSR count). The van der Waals surface area contributed by atoms with Crippen molar-refractivity contribution in [1.82, 2.24) is 10.2 Å². The van der Waals surface area contributed by atoms with E-state index in [9.17, 15) is 13.2 Å². The monoisotopic (exact) mass is 383 g/mol. The number of hydrogen-bond acceptors (Lipinski definition) is 6. The van der Waals surface area contributed by atoms with Gasteiger partial charge in [0.1, 0.15) is 5.75 Å². The summed E-state index contributed by atoms with van der Waals surface area (Å²) in [7, 11) is -4.03. The first-order valence-electron chi connectivity index (χ1n) is 8.46. The van der Waals surface area contributed by atoms with Gasteiger partial charge in [-0.25, -0.2) is 8.42 Å². The number of fused-ring (bicyclic) bond motifs is 1. The summed E-state index contributed by atoms with van der Waals surface area (Å²) in [5.41, 5.74) is 3.33. The van der Waals surface area contributed by atoms with Crippen molar-refractivity contribution in [2.45, 2.75) is 18.6 Å². The van der Waals surface area contributed by atoms with Crippen LogP contribution in [0.3, 0.4) is 0 Å². The maximum absolute atomic E-state index is 12.6. The smallest absolute Gasteiger partial charge is 0.336 e. The summed E-state index contributed by atoms with van der Waals surface area (Å²) < 4.78 is 30.6. The Morgan fingerprint density at radius 1 is 1.11 bits per heavy atom. The quantitative estimate of drug-likeness (QED) is 0.687. The molecule has 8 heteroatoms. The summed E-state index contributed by atoms with van der Waals surface area (Å²) in [6.07, 6.45) is 0.708.